The second kappa shape index (κ2) is 26.0. The Morgan fingerprint density at radius 2 is 0.810 bits per heavy atom. The maximum Gasteiger partial charge on any atom is 0.119 e. The number of hydrogen-bond donors (Lipinski definition) is 4. The molecule has 8 heteroatoms. The average molecular weight is 911 g/mol. The number of rotatable bonds is 15. The van der Waals surface area contributed by atoms with Gasteiger partial charge in [0.25, 0.3) is 0 Å². The van der Waals surface area contributed by atoms with E-state index in [0.717, 1.165) is 58.6 Å². The van der Waals surface area contributed by atoms with Gasteiger partial charge in [0.05, 0.1) is 12.5 Å². The van der Waals surface area contributed by atoms with Crippen molar-refractivity contribution in [3.8, 4) is 23.0 Å². The van der Waals surface area contributed by atoms with Gasteiger partial charge in [-0.1, -0.05) is 123 Å². The predicted molar refractivity (Wildman–Crippen MR) is 255 cm³/mol. The van der Waals surface area contributed by atoms with Crippen molar-refractivity contribution in [1.29, 1.82) is 0 Å². The molecule has 58 heavy (non-hydrogen) atoms. The second-order valence-corrected chi connectivity index (χ2v) is 13.2. The molecular weight excluding hydrogens is 855 g/mol. The molecule has 0 aromatic heterocycles. The molecule has 6 N–H and O–H groups in total. The number of halogens is 2. The van der Waals surface area contributed by atoms with Gasteiger partial charge in [0, 0.05) is 0 Å². The predicted octanol–water partition coefficient (Wildman–Crippen LogP) is 12.1. The molecular formula is C50H56ClIN2O4. The van der Waals surface area contributed by atoms with Gasteiger partial charge in [0.15, 0.2) is 0 Å². The first-order chi connectivity index (χ1) is 27.9. The van der Waals surface area contributed by atoms with E-state index in [1.165, 1.54) is 34.9 Å². The van der Waals surface area contributed by atoms with Crippen molar-refractivity contribution >= 4 is 57.9 Å². The lowest BCUT2D eigenvalue weighted by molar-refractivity contribution is 0.313. The molecule has 0 amide bonds. The zero-order chi connectivity index (χ0) is 40.8. The van der Waals surface area contributed by atoms with Crippen LogP contribution >= 0.6 is 35.6 Å². The van der Waals surface area contributed by atoms with Gasteiger partial charge in [0.1, 0.15) is 29.6 Å². The maximum atomic E-state index is 9.72. The summed E-state index contributed by atoms with van der Waals surface area (Å²) in [5.41, 5.74) is 21.7. The van der Waals surface area contributed by atoms with Crippen molar-refractivity contribution in [2.24, 2.45) is 11.5 Å². The molecule has 0 saturated heterocycles. The van der Waals surface area contributed by atoms with Crippen molar-refractivity contribution in [3.05, 3.63) is 191 Å². The molecule has 0 heterocycles. The number of nitrogens with two attached hydrogens (primary N) is 2. The molecule has 0 saturated carbocycles. The Kier molecular flexibility index (Phi) is 21.2. The van der Waals surface area contributed by atoms with Crippen LogP contribution in [0.15, 0.2) is 158 Å². The van der Waals surface area contributed by atoms with Gasteiger partial charge in [-0.25, -0.2) is 0 Å². The first-order valence-electron chi connectivity index (χ1n) is 19.4. The smallest absolute Gasteiger partial charge is 0.119 e. The van der Waals surface area contributed by atoms with E-state index in [1.807, 2.05) is 60.7 Å². The van der Waals surface area contributed by atoms with E-state index < -0.39 is 0 Å². The van der Waals surface area contributed by atoms with Gasteiger partial charge >= 0.3 is 0 Å². The molecule has 0 bridgehead atoms. The van der Waals surface area contributed by atoms with Crippen molar-refractivity contribution in [1.82, 2.24) is 0 Å². The summed E-state index contributed by atoms with van der Waals surface area (Å²) in [5.74, 6) is 2.65. The summed E-state index contributed by atoms with van der Waals surface area (Å²) in [7, 11) is 1.50. The standard InChI is InChI=1S/C25H27NO2.C24H23ClO2.CH5N.HI/c1-2-24(19-7-4-3-5-8-19)25(20-9-13-22(27)14-10-20)21-11-15-23(16-12-21)28-18-6-17-26;1-2-23(18-6-4-3-5-7-18)24(19-8-12-21(26)13-9-19)20-10-14-22(15-11-20)27-17-16-25;1-2;/h3-5,7-16,27H,2,6,17-18,26H2,1H3;3-15,26H,2,16-17H2,1H3;2H2,1H3;1H/b25-24-;24-23-;;. The quantitative estimate of drug-likeness (QED) is 0.0353. The normalized spacial score (nSPS) is 11.3. The molecule has 6 rings (SSSR count). The summed E-state index contributed by atoms with van der Waals surface area (Å²) >= 11 is 5.70. The molecule has 6 nitrogen and oxygen atoms in total. The van der Waals surface area contributed by atoms with Crippen LogP contribution in [-0.2, 0) is 0 Å². The van der Waals surface area contributed by atoms with Gasteiger partial charge in [-0.3, -0.25) is 0 Å². The summed E-state index contributed by atoms with van der Waals surface area (Å²) in [4.78, 5) is 0. The molecule has 6 aromatic rings. The van der Waals surface area contributed by atoms with Gasteiger partial charge in [-0.15, -0.1) is 35.6 Å². The molecule has 0 aliphatic rings. The van der Waals surface area contributed by atoms with E-state index in [-0.39, 0.29) is 35.5 Å². The van der Waals surface area contributed by atoms with Crippen LogP contribution in [0.2, 0.25) is 0 Å². The Morgan fingerprint density at radius 1 is 0.483 bits per heavy atom. The maximum absolute atomic E-state index is 9.72. The van der Waals surface area contributed by atoms with Gasteiger partial charge in [-0.2, -0.15) is 0 Å². The molecule has 6 aromatic carbocycles. The lowest BCUT2D eigenvalue weighted by Gasteiger charge is -2.17. The van der Waals surface area contributed by atoms with Crippen LogP contribution in [0.5, 0.6) is 23.0 Å². The fourth-order valence-corrected chi connectivity index (χ4v) is 6.56. The van der Waals surface area contributed by atoms with Crippen molar-refractivity contribution < 1.29 is 19.7 Å². The van der Waals surface area contributed by atoms with Crippen LogP contribution in [-0.4, -0.2) is 42.9 Å². The number of benzene rings is 6. The highest BCUT2D eigenvalue weighted by atomic mass is 127. The largest absolute Gasteiger partial charge is 0.508 e. The Balaban J connectivity index is 0.000000293. The third-order valence-electron chi connectivity index (χ3n) is 9.12. The molecule has 0 unspecified atom stereocenters. The fourth-order valence-electron chi connectivity index (χ4n) is 6.48. The number of aromatic hydroxyl groups is 2. The number of phenolic OH excluding ortho intramolecular Hbond substituents is 2. The monoisotopic (exact) mass is 910 g/mol. The molecule has 0 atom stereocenters. The van der Waals surface area contributed by atoms with Crippen LogP contribution in [0.4, 0.5) is 0 Å². The Hall–Kier alpha value is -5.06. The number of ether oxygens (including phenoxy) is 2. The topological polar surface area (TPSA) is 111 Å². The molecule has 0 radical (unpaired) electrons. The van der Waals surface area contributed by atoms with Gasteiger partial charge in [0.2, 0.25) is 0 Å². The van der Waals surface area contributed by atoms with Crippen LogP contribution < -0.4 is 20.9 Å². The number of allylic oxidation sites excluding steroid dienone is 2. The first-order valence-corrected chi connectivity index (χ1v) is 19.9. The third-order valence-corrected chi connectivity index (χ3v) is 9.27. The van der Waals surface area contributed by atoms with Crippen molar-refractivity contribution in [2.75, 3.05) is 32.7 Å². The minimum absolute atomic E-state index is 0. The molecule has 0 spiro atoms. The van der Waals surface area contributed by atoms with E-state index in [1.54, 1.807) is 24.3 Å². The Bertz CT molecular complexity index is 2110. The summed E-state index contributed by atoms with van der Waals surface area (Å²) in [6.07, 6.45) is 2.63. The highest BCUT2D eigenvalue weighted by molar-refractivity contribution is 14.0. The summed E-state index contributed by atoms with van der Waals surface area (Å²) < 4.78 is 11.3. The van der Waals surface area contributed by atoms with Gasteiger partial charge in [-0.05, 0) is 137 Å². The van der Waals surface area contributed by atoms with E-state index in [0.29, 0.717) is 25.6 Å². The number of alkyl halides is 1. The third kappa shape index (κ3) is 13.8. The minimum atomic E-state index is 0. The van der Waals surface area contributed by atoms with E-state index >= 15 is 0 Å². The molecule has 0 aliphatic heterocycles. The zero-order valence-electron chi connectivity index (χ0n) is 33.6. The van der Waals surface area contributed by atoms with Crippen LogP contribution in [0.25, 0.3) is 22.3 Å². The Morgan fingerprint density at radius 3 is 1.12 bits per heavy atom. The van der Waals surface area contributed by atoms with E-state index in [2.05, 4.69) is 92.4 Å². The average Bonchev–Trinajstić information content (AvgIpc) is 3.27. The van der Waals surface area contributed by atoms with Crippen LogP contribution in [0.3, 0.4) is 0 Å². The molecule has 0 fully saturated rings. The zero-order valence-corrected chi connectivity index (χ0v) is 36.7. The first kappa shape index (κ1) is 47.3. The van der Waals surface area contributed by atoms with Crippen molar-refractivity contribution in [3.63, 3.8) is 0 Å². The van der Waals surface area contributed by atoms with Crippen molar-refractivity contribution in [2.45, 2.75) is 33.1 Å². The van der Waals surface area contributed by atoms with E-state index in [4.69, 9.17) is 26.8 Å². The fraction of sp³-hybridized carbons (Fsp3) is 0.200. The number of hydrogen-bond acceptors (Lipinski definition) is 6. The summed E-state index contributed by atoms with van der Waals surface area (Å²) in [6, 6.07) is 51.9. The highest BCUT2D eigenvalue weighted by Gasteiger charge is 2.15. The Labute approximate surface area is 366 Å². The minimum Gasteiger partial charge on any atom is -0.508 e. The lowest BCUT2D eigenvalue weighted by Crippen LogP contribution is -2.06. The van der Waals surface area contributed by atoms with Crippen LogP contribution in [0.1, 0.15) is 66.5 Å². The lowest BCUT2D eigenvalue weighted by atomic mass is 9.88. The van der Waals surface area contributed by atoms with E-state index in [9.17, 15) is 10.2 Å². The summed E-state index contributed by atoms with van der Waals surface area (Å²) in [6.45, 7) is 6.09. The van der Waals surface area contributed by atoms with Crippen LogP contribution in [0, 0.1) is 0 Å². The second-order valence-electron chi connectivity index (χ2n) is 12.8. The summed E-state index contributed by atoms with van der Waals surface area (Å²) in [5, 5.41) is 19.4. The van der Waals surface area contributed by atoms with Gasteiger partial charge < -0.3 is 31.2 Å². The number of phenols is 2. The molecule has 304 valence electrons. The SMILES string of the molecule is CC/C(=C(\c1ccc(O)cc1)c1ccc(OCCCN)cc1)c1ccccc1.CC/C(=C(\c1ccc(O)cc1)c1ccc(OCCCl)cc1)c1ccccc1.CN.I. The highest BCUT2D eigenvalue weighted by Crippen LogP contribution is 2.37. The molecule has 0 aliphatic carbocycles.